The summed E-state index contributed by atoms with van der Waals surface area (Å²) in [6.45, 7) is 1.95. The fraction of sp³-hybridized carbons (Fsp3) is 0.263. The van der Waals surface area contributed by atoms with Gasteiger partial charge in [0.25, 0.3) is 0 Å². The number of aryl methyl sites for hydroxylation is 1. The van der Waals surface area contributed by atoms with E-state index < -0.39 is 10.0 Å². The molecule has 0 radical (unpaired) electrons. The predicted molar refractivity (Wildman–Crippen MR) is 91.5 cm³/mol. The molecule has 23 heavy (non-hydrogen) atoms. The topological polar surface area (TPSA) is 46.2 Å². The van der Waals surface area contributed by atoms with Crippen molar-refractivity contribution >= 4 is 15.6 Å². The molecule has 0 spiro atoms. The highest BCUT2D eigenvalue weighted by Gasteiger charge is 2.35. The van der Waals surface area contributed by atoms with Crippen LogP contribution in [0.3, 0.4) is 0 Å². The van der Waals surface area contributed by atoms with Crippen LogP contribution in [0.25, 0.3) is 5.57 Å². The maximum Gasteiger partial charge on any atom is 0.241 e. The average Bonchev–Trinajstić information content (AvgIpc) is 3.11. The molecule has 1 atom stereocenters. The number of rotatable bonds is 3. The van der Waals surface area contributed by atoms with Gasteiger partial charge >= 0.3 is 0 Å². The van der Waals surface area contributed by atoms with Crippen molar-refractivity contribution in [1.82, 2.24) is 4.72 Å². The molecule has 118 valence electrons. The summed E-state index contributed by atoms with van der Waals surface area (Å²) in [7, 11) is -3.53. The zero-order chi connectivity index (χ0) is 16.0. The third-order valence-electron chi connectivity index (χ3n) is 4.81. The van der Waals surface area contributed by atoms with Crippen LogP contribution >= 0.6 is 0 Å². The Balaban J connectivity index is 1.72. The number of fused-ring (bicyclic) bond motifs is 2. The Morgan fingerprint density at radius 3 is 2.52 bits per heavy atom. The molecule has 2 aromatic rings. The van der Waals surface area contributed by atoms with E-state index in [-0.39, 0.29) is 6.04 Å². The van der Waals surface area contributed by atoms with Crippen molar-refractivity contribution in [2.24, 2.45) is 0 Å². The van der Waals surface area contributed by atoms with Crippen LogP contribution in [-0.2, 0) is 10.0 Å². The second-order valence-electron chi connectivity index (χ2n) is 6.31. The molecule has 0 bridgehead atoms. The van der Waals surface area contributed by atoms with Crippen LogP contribution < -0.4 is 4.72 Å². The zero-order valence-corrected chi connectivity index (χ0v) is 13.9. The van der Waals surface area contributed by atoms with E-state index in [1.54, 1.807) is 12.1 Å². The van der Waals surface area contributed by atoms with E-state index in [0.29, 0.717) is 4.90 Å². The second-order valence-corrected chi connectivity index (χ2v) is 8.03. The lowest BCUT2D eigenvalue weighted by atomic mass is 10.0. The van der Waals surface area contributed by atoms with Crippen molar-refractivity contribution < 1.29 is 8.42 Å². The van der Waals surface area contributed by atoms with Gasteiger partial charge in [0.2, 0.25) is 10.0 Å². The van der Waals surface area contributed by atoms with Gasteiger partial charge in [0.05, 0.1) is 10.9 Å². The fourth-order valence-corrected chi connectivity index (χ4v) is 4.89. The van der Waals surface area contributed by atoms with Gasteiger partial charge in [-0.05, 0) is 60.6 Å². The molecule has 0 amide bonds. The first kappa shape index (κ1) is 14.7. The molecule has 2 aliphatic carbocycles. The van der Waals surface area contributed by atoms with Gasteiger partial charge in [0, 0.05) is 0 Å². The van der Waals surface area contributed by atoms with Crippen LogP contribution in [0.2, 0.25) is 0 Å². The molecule has 0 aliphatic heterocycles. The van der Waals surface area contributed by atoms with Gasteiger partial charge in [-0.3, -0.25) is 0 Å². The molecule has 0 heterocycles. The standard InChI is InChI=1S/C19H19NO2S/c1-13-9-11-14(12-10-13)23(21,22)20-19-17-6-3-2-5-15(17)16-7-4-8-18(16)19/h2-3,5-6,9-12,19-20H,4,7-8H2,1H3/t19-/m1/s1. The van der Waals surface area contributed by atoms with Crippen LogP contribution in [0, 0.1) is 6.92 Å². The predicted octanol–water partition coefficient (Wildman–Crippen LogP) is 3.97. The van der Waals surface area contributed by atoms with Gasteiger partial charge in [-0.2, -0.15) is 4.72 Å². The summed E-state index contributed by atoms with van der Waals surface area (Å²) < 4.78 is 28.5. The van der Waals surface area contributed by atoms with Gasteiger partial charge in [-0.25, -0.2) is 8.42 Å². The van der Waals surface area contributed by atoms with E-state index in [0.717, 1.165) is 30.4 Å². The van der Waals surface area contributed by atoms with Gasteiger partial charge in [0.15, 0.2) is 0 Å². The lowest BCUT2D eigenvalue weighted by Crippen LogP contribution is -2.28. The normalized spacial score (nSPS) is 19.8. The molecular weight excluding hydrogens is 306 g/mol. The van der Waals surface area contributed by atoms with Crippen molar-refractivity contribution in [3.05, 3.63) is 70.8 Å². The summed E-state index contributed by atoms with van der Waals surface area (Å²) in [4.78, 5) is 0.327. The lowest BCUT2D eigenvalue weighted by Gasteiger charge is -2.18. The third kappa shape index (κ3) is 2.42. The Morgan fingerprint density at radius 2 is 1.74 bits per heavy atom. The molecular formula is C19H19NO2S. The van der Waals surface area contributed by atoms with Crippen LogP contribution in [0.4, 0.5) is 0 Å². The lowest BCUT2D eigenvalue weighted by molar-refractivity contribution is 0.569. The number of nitrogens with one attached hydrogen (secondary N) is 1. The summed E-state index contributed by atoms with van der Waals surface area (Å²) in [5, 5.41) is 0. The Hall–Kier alpha value is -1.91. The van der Waals surface area contributed by atoms with Crippen molar-refractivity contribution in [3.8, 4) is 0 Å². The minimum atomic E-state index is -3.53. The number of hydrogen-bond acceptors (Lipinski definition) is 2. The number of benzene rings is 2. The molecule has 0 fully saturated rings. The maximum absolute atomic E-state index is 12.8. The van der Waals surface area contributed by atoms with Crippen LogP contribution in [0.5, 0.6) is 0 Å². The Morgan fingerprint density at radius 1 is 1.00 bits per heavy atom. The van der Waals surface area contributed by atoms with Gasteiger partial charge in [-0.15, -0.1) is 0 Å². The molecule has 4 rings (SSSR count). The van der Waals surface area contributed by atoms with E-state index in [9.17, 15) is 8.42 Å². The van der Waals surface area contributed by atoms with Crippen molar-refractivity contribution in [1.29, 1.82) is 0 Å². The minimum absolute atomic E-state index is 0.213. The van der Waals surface area contributed by atoms with Crippen molar-refractivity contribution in [2.75, 3.05) is 0 Å². The Labute approximate surface area is 137 Å². The number of hydrogen-bond donors (Lipinski definition) is 1. The summed E-state index contributed by atoms with van der Waals surface area (Å²) >= 11 is 0. The number of allylic oxidation sites excluding steroid dienone is 1. The van der Waals surface area contributed by atoms with E-state index in [1.165, 1.54) is 16.7 Å². The average molecular weight is 325 g/mol. The summed E-state index contributed by atoms with van der Waals surface area (Å²) in [5.74, 6) is 0. The quantitative estimate of drug-likeness (QED) is 0.928. The molecule has 2 aromatic carbocycles. The van der Waals surface area contributed by atoms with Crippen molar-refractivity contribution in [2.45, 2.75) is 37.1 Å². The summed E-state index contributed by atoms with van der Waals surface area (Å²) in [5.41, 5.74) is 5.96. The molecule has 3 nitrogen and oxygen atoms in total. The van der Waals surface area contributed by atoms with Gasteiger partial charge in [0.1, 0.15) is 0 Å². The highest BCUT2D eigenvalue weighted by atomic mass is 32.2. The first-order valence-corrected chi connectivity index (χ1v) is 9.45. The first-order chi connectivity index (χ1) is 11.1. The monoisotopic (exact) mass is 325 g/mol. The van der Waals surface area contributed by atoms with Gasteiger partial charge < -0.3 is 0 Å². The molecule has 0 aromatic heterocycles. The van der Waals surface area contributed by atoms with Gasteiger partial charge in [-0.1, -0.05) is 42.0 Å². The van der Waals surface area contributed by atoms with Crippen LogP contribution in [0.15, 0.2) is 59.0 Å². The summed E-state index contributed by atoms with van der Waals surface area (Å²) in [6.07, 6.45) is 3.14. The molecule has 1 N–H and O–H groups in total. The van der Waals surface area contributed by atoms with E-state index in [2.05, 4.69) is 10.8 Å². The van der Waals surface area contributed by atoms with E-state index in [1.807, 2.05) is 37.3 Å². The van der Waals surface area contributed by atoms with E-state index in [4.69, 9.17) is 0 Å². The molecule has 4 heteroatoms. The first-order valence-electron chi connectivity index (χ1n) is 7.96. The Bertz CT molecular complexity index is 895. The smallest absolute Gasteiger partial charge is 0.207 e. The van der Waals surface area contributed by atoms with E-state index >= 15 is 0 Å². The third-order valence-corrected chi connectivity index (χ3v) is 6.25. The Kier molecular flexibility index (Phi) is 3.39. The highest BCUT2D eigenvalue weighted by molar-refractivity contribution is 7.89. The van der Waals surface area contributed by atoms with Crippen molar-refractivity contribution in [3.63, 3.8) is 0 Å². The largest absolute Gasteiger partial charge is 0.241 e. The van der Waals surface area contributed by atoms with Crippen LogP contribution in [-0.4, -0.2) is 8.42 Å². The molecule has 0 saturated carbocycles. The molecule has 2 aliphatic rings. The fourth-order valence-electron chi connectivity index (χ4n) is 3.68. The molecule has 0 unspecified atom stereocenters. The maximum atomic E-state index is 12.8. The van der Waals surface area contributed by atoms with Crippen LogP contribution in [0.1, 0.15) is 42.0 Å². The second kappa shape index (κ2) is 5.32. The summed E-state index contributed by atoms with van der Waals surface area (Å²) in [6, 6.07) is 14.9. The highest BCUT2D eigenvalue weighted by Crippen LogP contribution is 2.49. The minimum Gasteiger partial charge on any atom is -0.207 e. The molecule has 0 saturated heterocycles. The number of sulfonamides is 1. The SMILES string of the molecule is Cc1ccc(S(=O)(=O)N[C@H]2C3=C(CCC3)c3ccccc32)cc1. The zero-order valence-electron chi connectivity index (χ0n) is 13.0.